The van der Waals surface area contributed by atoms with Gasteiger partial charge in [0, 0.05) is 12.6 Å². The van der Waals surface area contributed by atoms with Crippen LogP contribution in [0.25, 0.3) is 11.0 Å². The van der Waals surface area contributed by atoms with E-state index >= 15 is 0 Å². The largest absolute Gasteiger partial charge is 0.417 e. The van der Waals surface area contributed by atoms with Gasteiger partial charge in [-0.2, -0.15) is 13.2 Å². The van der Waals surface area contributed by atoms with Crippen molar-refractivity contribution in [3.8, 4) is 0 Å². The number of carbonyl (C=O) groups is 2. The number of hydrazine groups is 1. The number of aryl methyl sites for hydroxylation is 1. The van der Waals surface area contributed by atoms with E-state index in [4.69, 9.17) is 5.84 Å². The van der Waals surface area contributed by atoms with Gasteiger partial charge in [-0.15, -0.1) is 0 Å². The summed E-state index contributed by atoms with van der Waals surface area (Å²) in [6.07, 6.45) is 1.83. The Morgan fingerprint density at radius 1 is 1.15 bits per heavy atom. The van der Waals surface area contributed by atoms with E-state index in [0.29, 0.717) is 22.6 Å². The number of aromatic nitrogens is 2. The number of nitrogens with one attached hydrogen (secondary N) is 1. The maximum atomic E-state index is 13.5. The van der Waals surface area contributed by atoms with E-state index in [1.165, 1.54) is 18.2 Å². The summed E-state index contributed by atoms with van der Waals surface area (Å²) in [5.41, 5.74) is -0.340. The second kappa shape index (κ2) is 9.46. The standard InChI is InChI=1S/C24H26F3N5O2/c1-2-31-14-29-21-18(22(33)30-15-8-4-3-5-9-15)12-16(13-20(21)31)32(28)23(34)17-10-6-7-11-19(17)24(25,26)27/h6-7,10-15H,2-5,8-9,28H2,1H3,(H,30,33). The molecule has 0 spiro atoms. The summed E-state index contributed by atoms with van der Waals surface area (Å²) in [4.78, 5) is 30.6. The molecule has 0 bridgehead atoms. The number of fused-ring (bicyclic) bond motifs is 1. The van der Waals surface area contributed by atoms with Crippen LogP contribution in [0, 0.1) is 0 Å². The average molecular weight is 473 g/mol. The number of rotatable bonds is 5. The lowest BCUT2D eigenvalue weighted by molar-refractivity contribution is -0.137. The number of nitrogens with zero attached hydrogens (tertiary/aromatic N) is 3. The van der Waals surface area contributed by atoms with Crippen molar-refractivity contribution in [3.63, 3.8) is 0 Å². The Morgan fingerprint density at radius 3 is 2.53 bits per heavy atom. The number of carbonyl (C=O) groups excluding carboxylic acids is 2. The lowest BCUT2D eigenvalue weighted by Gasteiger charge is -2.23. The van der Waals surface area contributed by atoms with Gasteiger partial charge in [0.2, 0.25) is 0 Å². The van der Waals surface area contributed by atoms with Gasteiger partial charge >= 0.3 is 6.18 Å². The molecule has 1 fully saturated rings. The van der Waals surface area contributed by atoms with Crippen LogP contribution < -0.4 is 16.2 Å². The number of anilines is 1. The zero-order valence-corrected chi connectivity index (χ0v) is 18.7. The van der Waals surface area contributed by atoms with Crippen molar-refractivity contribution in [3.05, 3.63) is 59.4 Å². The predicted molar refractivity (Wildman–Crippen MR) is 122 cm³/mol. The third kappa shape index (κ3) is 4.63. The summed E-state index contributed by atoms with van der Waals surface area (Å²) >= 11 is 0. The molecule has 1 saturated carbocycles. The first kappa shape index (κ1) is 23.7. The first-order valence-corrected chi connectivity index (χ1v) is 11.3. The second-order valence-electron chi connectivity index (χ2n) is 8.42. The van der Waals surface area contributed by atoms with Crippen LogP contribution in [0.2, 0.25) is 0 Å². The van der Waals surface area contributed by atoms with Crippen molar-refractivity contribution < 1.29 is 22.8 Å². The molecular formula is C24H26F3N5O2. The van der Waals surface area contributed by atoms with E-state index in [2.05, 4.69) is 10.3 Å². The van der Waals surface area contributed by atoms with E-state index in [9.17, 15) is 22.8 Å². The molecule has 7 nitrogen and oxygen atoms in total. The summed E-state index contributed by atoms with van der Waals surface area (Å²) in [5, 5.41) is 3.68. The Hall–Kier alpha value is -3.40. The highest BCUT2D eigenvalue weighted by molar-refractivity contribution is 6.10. The van der Waals surface area contributed by atoms with Crippen LogP contribution >= 0.6 is 0 Å². The van der Waals surface area contributed by atoms with Gasteiger partial charge in [-0.1, -0.05) is 31.4 Å². The second-order valence-corrected chi connectivity index (χ2v) is 8.42. The zero-order chi connectivity index (χ0) is 24.5. The minimum absolute atomic E-state index is 0.0440. The molecule has 3 N–H and O–H groups in total. The van der Waals surface area contributed by atoms with E-state index < -0.39 is 23.2 Å². The Bertz CT molecular complexity index is 1220. The maximum Gasteiger partial charge on any atom is 0.417 e. The van der Waals surface area contributed by atoms with Crippen LogP contribution in [0.15, 0.2) is 42.7 Å². The Balaban J connectivity index is 1.74. The molecule has 2 amide bonds. The van der Waals surface area contributed by atoms with Gasteiger partial charge < -0.3 is 9.88 Å². The number of hydrogen-bond acceptors (Lipinski definition) is 4. The number of benzene rings is 2. The fourth-order valence-corrected chi connectivity index (χ4v) is 4.39. The zero-order valence-electron chi connectivity index (χ0n) is 18.7. The number of imidazole rings is 1. The fourth-order valence-electron chi connectivity index (χ4n) is 4.39. The van der Waals surface area contributed by atoms with Crippen molar-refractivity contribution >= 4 is 28.5 Å². The number of hydrogen-bond donors (Lipinski definition) is 2. The molecule has 4 rings (SSSR count). The lowest BCUT2D eigenvalue weighted by Crippen LogP contribution is -2.39. The van der Waals surface area contributed by atoms with Crippen LogP contribution in [-0.2, 0) is 12.7 Å². The normalized spacial score (nSPS) is 14.9. The van der Waals surface area contributed by atoms with Crippen LogP contribution in [0.5, 0.6) is 0 Å². The number of halogens is 3. The third-order valence-electron chi connectivity index (χ3n) is 6.20. The quantitative estimate of drug-likeness (QED) is 0.320. The highest BCUT2D eigenvalue weighted by Crippen LogP contribution is 2.33. The summed E-state index contributed by atoms with van der Waals surface area (Å²) < 4.78 is 42.1. The first-order chi connectivity index (χ1) is 16.2. The molecule has 1 aliphatic rings. The van der Waals surface area contributed by atoms with Crippen molar-refractivity contribution in [1.82, 2.24) is 14.9 Å². The Kier molecular flexibility index (Phi) is 6.60. The van der Waals surface area contributed by atoms with Crippen molar-refractivity contribution in [2.75, 3.05) is 5.01 Å². The van der Waals surface area contributed by atoms with Gasteiger partial charge in [0.05, 0.1) is 34.2 Å². The molecule has 34 heavy (non-hydrogen) atoms. The fraction of sp³-hybridized carbons (Fsp3) is 0.375. The van der Waals surface area contributed by atoms with E-state index in [0.717, 1.165) is 44.2 Å². The number of amides is 2. The minimum Gasteiger partial charge on any atom is -0.349 e. The Labute approximate surface area is 194 Å². The van der Waals surface area contributed by atoms with Gasteiger partial charge in [-0.05, 0) is 44.0 Å². The minimum atomic E-state index is -4.72. The molecule has 0 atom stereocenters. The van der Waals surface area contributed by atoms with Crippen molar-refractivity contribution in [2.45, 2.75) is 57.8 Å². The molecule has 1 heterocycles. The molecule has 1 aromatic heterocycles. The van der Waals surface area contributed by atoms with E-state index in [-0.39, 0.29) is 23.2 Å². The van der Waals surface area contributed by atoms with E-state index in [1.807, 2.05) is 6.92 Å². The molecule has 1 aliphatic carbocycles. The van der Waals surface area contributed by atoms with E-state index in [1.54, 1.807) is 17.0 Å². The number of alkyl halides is 3. The molecule has 0 radical (unpaired) electrons. The van der Waals surface area contributed by atoms with Crippen LogP contribution in [0.1, 0.15) is 65.3 Å². The SMILES string of the molecule is CCn1cnc2c(C(=O)NC3CCCCC3)cc(N(N)C(=O)c3ccccc3C(F)(F)F)cc21. The molecule has 2 aromatic carbocycles. The first-order valence-electron chi connectivity index (χ1n) is 11.3. The maximum absolute atomic E-state index is 13.5. The smallest absolute Gasteiger partial charge is 0.349 e. The molecule has 180 valence electrons. The van der Waals surface area contributed by atoms with Gasteiger partial charge in [-0.25, -0.2) is 15.8 Å². The Morgan fingerprint density at radius 2 is 1.85 bits per heavy atom. The van der Waals surface area contributed by atoms with Gasteiger partial charge in [0.25, 0.3) is 11.8 Å². The molecule has 10 heteroatoms. The molecule has 0 saturated heterocycles. The topological polar surface area (TPSA) is 93.2 Å². The summed E-state index contributed by atoms with van der Waals surface area (Å²) in [7, 11) is 0. The average Bonchev–Trinajstić information content (AvgIpc) is 3.25. The highest BCUT2D eigenvalue weighted by atomic mass is 19.4. The molecule has 0 unspecified atom stereocenters. The van der Waals surface area contributed by atoms with Crippen LogP contribution in [0.4, 0.5) is 18.9 Å². The van der Waals surface area contributed by atoms with Gasteiger partial charge in [-0.3, -0.25) is 9.59 Å². The molecule has 0 aliphatic heterocycles. The summed E-state index contributed by atoms with van der Waals surface area (Å²) in [5.74, 6) is 4.66. The van der Waals surface area contributed by atoms with Crippen molar-refractivity contribution in [1.29, 1.82) is 0 Å². The number of nitrogens with two attached hydrogens (primary N) is 1. The summed E-state index contributed by atoms with van der Waals surface area (Å²) in [6.45, 7) is 2.43. The summed E-state index contributed by atoms with van der Waals surface area (Å²) in [6, 6.07) is 7.46. The predicted octanol–water partition coefficient (Wildman–Crippen LogP) is 4.66. The van der Waals surface area contributed by atoms with Crippen LogP contribution in [0.3, 0.4) is 0 Å². The lowest BCUT2D eigenvalue weighted by atomic mass is 9.95. The monoisotopic (exact) mass is 473 g/mol. The van der Waals surface area contributed by atoms with Gasteiger partial charge in [0.15, 0.2) is 0 Å². The van der Waals surface area contributed by atoms with Gasteiger partial charge in [0.1, 0.15) is 5.52 Å². The molecular weight excluding hydrogens is 447 g/mol. The molecule has 3 aromatic rings. The van der Waals surface area contributed by atoms with Crippen LogP contribution in [-0.4, -0.2) is 27.4 Å². The van der Waals surface area contributed by atoms with Crippen molar-refractivity contribution in [2.24, 2.45) is 5.84 Å². The highest BCUT2D eigenvalue weighted by Gasteiger charge is 2.36. The third-order valence-corrected chi connectivity index (χ3v) is 6.20.